The average molecular weight is 442 g/mol. The lowest BCUT2D eigenvalue weighted by Crippen LogP contribution is -2.17. The number of aromatic nitrogens is 1. The van der Waals surface area contributed by atoms with Gasteiger partial charge in [-0.15, -0.1) is 0 Å². The molecule has 1 fully saturated rings. The normalized spacial score (nSPS) is 14.2. The Morgan fingerprint density at radius 2 is 1.87 bits per heavy atom. The fourth-order valence-corrected chi connectivity index (χ4v) is 4.97. The smallest absolute Gasteiger partial charge is 0.232 e. The third-order valence-corrected chi connectivity index (χ3v) is 6.80. The topological polar surface area (TPSA) is 79.4 Å². The van der Waals surface area contributed by atoms with E-state index in [2.05, 4.69) is 14.6 Å². The zero-order valence-corrected chi connectivity index (χ0v) is 18.1. The Morgan fingerprint density at radius 3 is 2.61 bits per heavy atom. The van der Waals surface area contributed by atoms with Crippen LogP contribution in [-0.2, 0) is 10.0 Å². The minimum absolute atomic E-state index is 0.0376. The highest BCUT2D eigenvalue weighted by atomic mass is 32.2. The van der Waals surface area contributed by atoms with Gasteiger partial charge < -0.3 is 4.90 Å². The van der Waals surface area contributed by atoms with Crippen molar-refractivity contribution in [2.45, 2.75) is 26.2 Å². The minimum atomic E-state index is -3.59. The standard InChI is InChI=1S/C23H24FN3O3S/c1-2-9-31(29,30)26-20-12-18(11-19(24)14-20)23(28)16-5-6-22-17(10-16)13-21(15-25-22)27-7-3-4-8-27/h5-6,10-15,26H,2-4,7-9H2,1H3. The number of nitrogens with one attached hydrogen (secondary N) is 1. The average Bonchev–Trinajstić information content (AvgIpc) is 3.26. The van der Waals surface area contributed by atoms with E-state index >= 15 is 0 Å². The molecule has 0 unspecified atom stereocenters. The number of hydrogen-bond acceptors (Lipinski definition) is 5. The summed E-state index contributed by atoms with van der Waals surface area (Å²) in [7, 11) is -3.59. The maximum Gasteiger partial charge on any atom is 0.232 e. The van der Waals surface area contributed by atoms with Crippen molar-refractivity contribution in [3.8, 4) is 0 Å². The van der Waals surface area contributed by atoms with Crippen LogP contribution in [-0.4, -0.2) is 38.0 Å². The molecule has 0 radical (unpaired) electrons. The number of nitrogens with zero attached hydrogens (tertiary/aromatic N) is 2. The van der Waals surface area contributed by atoms with Crippen LogP contribution in [0.4, 0.5) is 15.8 Å². The van der Waals surface area contributed by atoms with Crippen molar-refractivity contribution in [3.63, 3.8) is 0 Å². The first-order chi connectivity index (χ1) is 14.8. The second-order valence-corrected chi connectivity index (χ2v) is 9.62. The summed E-state index contributed by atoms with van der Waals surface area (Å²) in [6.45, 7) is 3.72. The maximum absolute atomic E-state index is 14.1. The van der Waals surface area contributed by atoms with Gasteiger partial charge in [-0.05, 0) is 61.7 Å². The van der Waals surface area contributed by atoms with E-state index < -0.39 is 15.8 Å². The zero-order chi connectivity index (χ0) is 22.0. The molecule has 0 bridgehead atoms. The third-order valence-electron chi connectivity index (χ3n) is 5.31. The van der Waals surface area contributed by atoms with E-state index in [0.717, 1.165) is 54.7 Å². The number of hydrogen-bond donors (Lipinski definition) is 1. The first-order valence-electron chi connectivity index (χ1n) is 10.4. The van der Waals surface area contributed by atoms with Crippen molar-refractivity contribution in [1.29, 1.82) is 0 Å². The summed E-state index contributed by atoms with van der Waals surface area (Å²) in [6, 6.07) is 10.7. The number of halogens is 1. The van der Waals surface area contributed by atoms with E-state index in [1.165, 1.54) is 6.07 Å². The molecular formula is C23H24FN3O3S. The molecule has 0 atom stereocenters. The van der Waals surface area contributed by atoms with Crippen LogP contribution in [0.5, 0.6) is 0 Å². The van der Waals surface area contributed by atoms with Gasteiger partial charge >= 0.3 is 0 Å². The molecule has 1 aliphatic rings. The Labute approximate surface area is 181 Å². The molecule has 0 saturated carbocycles. The molecule has 0 amide bonds. The molecular weight excluding hydrogens is 417 g/mol. The van der Waals surface area contributed by atoms with Gasteiger partial charge in [0, 0.05) is 29.6 Å². The van der Waals surface area contributed by atoms with Crippen LogP contribution in [0.1, 0.15) is 42.1 Å². The minimum Gasteiger partial charge on any atom is -0.370 e. The van der Waals surface area contributed by atoms with Crippen LogP contribution >= 0.6 is 0 Å². The number of ketones is 1. The van der Waals surface area contributed by atoms with Crippen LogP contribution in [0, 0.1) is 5.82 Å². The first kappa shape index (κ1) is 21.2. The van der Waals surface area contributed by atoms with Gasteiger partial charge in [0.25, 0.3) is 0 Å². The van der Waals surface area contributed by atoms with Crippen LogP contribution in [0.25, 0.3) is 10.9 Å². The maximum atomic E-state index is 14.1. The van der Waals surface area contributed by atoms with Crippen molar-refractivity contribution >= 4 is 38.1 Å². The summed E-state index contributed by atoms with van der Waals surface area (Å²) in [5, 5.41) is 0.829. The Bertz CT molecular complexity index is 1240. The molecule has 1 aromatic heterocycles. The highest BCUT2D eigenvalue weighted by Gasteiger charge is 2.17. The van der Waals surface area contributed by atoms with Gasteiger partial charge in [-0.1, -0.05) is 6.92 Å². The van der Waals surface area contributed by atoms with Gasteiger partial charge in [-0.25, -0.2) is 12.8 Å². The van der Waals surface area contributed by atoms with Gasteiger partial charge in [0.2, 0.25) is 10.0 Å². The van der Waals surface area contributed by atoms with Crippen molar-refractivity contribution in [2.24, 2.45) is 0 Å². The zero-order valence-electron chi connectivity index (χ0n) is 17.3. The van der Waals surface area contributed by atoms with E-state index in [4.69, 9.17) is 0 Å². The molecule has 162 valence electrons. The summed E-state index contributed by atoms with van der Waals surface area (Å²) >= 11 is 0. The van der Waals surface area contributed by atoms with Crippen molar-refractivity contribution < 1.29 is 17.6 Å². The van der Waals surface area contributed by atoms with Gasteiger partial charge in [0.05, 0.1) is 28.8 Å². The molecule has 2 aromatic carbocycles. The molecule has 6 nitrogen and oxygen atoms in total. The number of carbonyl (C=O) groups excluding carboxylic acids is 1. The van der Waals surface area contributed by atoms with Crippen LogP contribution in [0.3, 0.4) is 0 Å². The second-order valence-electron chi connectivity index (χ2n) is 7.77. The summed E-state index contributed by atoms with van der Waals surface area (Å²) in [6.07, 6.45) is 4.58. The van der Waals surface area contributed by atoms with E-state index in [1.54, 1.807) is 25.1 Å². The SMILES string of the molecule is CCCS(=O)(=O)Nc1cc(F)cc(C(=O)c2ccc3ncc(N4CCCC4)cc3c2)c1. The number of sulfonamides is 1. The third kappa shape index (κ3) is 4.85. The molecule has 0 aliphatic carbocycles. The Balaban J connectivity index is 1.65. The Hall–Kier alpha value is -3.00. The highest BCUT2D eigenvalue weighted by Crippen LogP contribution is 2.25. The van der Waals surface area contributed by atoms with E-state index in [0.29, 0.717) is 12.0 Å². The number of anilines is 2. The van der Waals surface area contributed by atoms with Gasteiger partial charge in [-0.3, -0.25) is 14.5 Å². The molecule has 0 spiro atoms. The largest absolute Gasteiger partial charge is 0.370 e. The van der Waals surface area contributed by atoms with E-state index in [9.17, 15) is 17.6 Å². The molecule has 1 aliphatic heterocycles. The van der Waals surface area contributed by atoms with Gasteiger partial charge in [0.1, 0.15) is 5.82 Å². The summed E-state index contributed by atoms with van der Waals surface area (Å²) in [4.78, 5) is 19.8. The lowest BCUT2D eigenvalue weighted by Gasteiger charge is -2.17. The monoisotopic (exact) mass is 441 g/mol. The second kappa shape index (κ2) is 8.63. The highest BCUT2D eigenvalue weighted by molar-refractivity contribution is 7.92. The summed E-state index contributed by atoms with van der Waals surface area (Å²) in [5.74, 6) is -1.15. The summed E-state index contributed by atoms with van der Waals surface area (Å²) in [5.41, 5.74) is 2.30. The number of rotatable bonds is 7. The molecule has 2 heterocycles. The molecule has 1 saturated heterocycles. The van der Waals surface area contributed by atoms with Crippen LogP contribution in [0.2, 0.25) is 0 Å². The van der Waals surface area contributed by atoms with E-state index in [-0.39, 0.29) is 22.8 Å². The first-order valence-corrected chi connectivity index (χ1v) is 12.0. The van der Waals surface area contributed by atoms with Gasteiger partial charge in [0.15, 0.2) is 5.78 Å². The lowest BCUT2D eigenvalue weighted by molar-refractivity contribution is 0.103. The number of benzene rings is 2. The molecule has 3 aromatic rings. The molecule has 1 N–H and O–H groups in total. The van der Waals surface area contributed by atoms with Crippen LogP contribution in [0.15, 0.2) is 48.7 Å². The fourth-order valence-electron chi connectivity index (χ4n) is 3.86. The van der Waals surface area contributed by atoms with E-state index in [1.807, 2.05) is 12.3 Å². The predicted molar refractivity (Wildman–Crippen MR) is 121 cm³/mol. The Morgan fingerprint density at radius 1 is 1.10 bits per heavy atom. The molecule has 31 heavy (non-hydrogen) atoms. The fraction of sp³-hybridized carbons (Fsp3) is 0.304. The lowest BCUT2D eigenvalue weighted by atomic mass is 10.0. The number of carbonyl (C=O) groups is 1. The predicted octanol–water partition coefficient (Wildman–Crippen LogP) is 4.36. The van der Waals surface area contributed by atoms with Crippen molar-refractivity contribution in [2.75, 3.05) is 28.5 Å². The van der Waals surface area contributed by atoms with Crippen molar-refractivity contribution in [1.82, 2.24) is 4.98 Å². The molecule has 4 rings (SSSR count). The number of pyridine rings is 1. The van der Waals surface area contributed by atoms with Gasteiger partial charge in [-0.2, -0.15) is 0 Å². The van der Waals surface area contributed by atoms with Crippen molar-refractivity contribution in [3.05, 3.63) is 65.6 Å². The summed E-state index contributed by atoms with van der Waals surface area (Å²) < 4.78 is 40.5. The Kier molecular flexibility index (Phi) is 5.91. The quantitative estimate of drug-likeness (QED) is 0.551. The number of fused-ring (bicyclic) bond motifs is 1. The van der Waals surface area contributed by atoms with Crippen LogP contribution < -0.4 is 9.62 Å². The molecule has 8 heteroatoms.